The van der Waals surface area contributed by atoms with Crippen LogP contribution in [0, 0.1) is 6.92 Å². The normalized spacial score (nSPS) is 11.1. The van der Waals surface area contributed by atoms with Gasteiger partial charge < -0.3 is 20.1 Å². The highest BCUT2D eigenvalue weighted by Gasteiger charge is 2.00. The van der Waals surface area contributed by atoms with Crippen LogP contribution in [-0.4, -0.2) is 37.7 Å². The summed E-state index contributed by atoms with van der Waals surface area (Å²) in [6.45, 7) is 6.55. The number of aromatic nitrogens is 1. The van der Waals surface area contributed by atoms with E-state index in [0.717, 1.165) is 35.4 Å². The van der Waals surface area contributed by atoms with E-state index < -0.39 is 0 Å². The van der Waals surface area contributed by atoms with E-state index in [0.29, 0.717) is 19.7 Å². The fourth-order valence-corrected chi connectivity index (χ4v) is 2.20. The number of aliphatic imine (C=N–C) groups is 1. The average Bonchev–Trinajstić information content (AvgIpc) is 2.63. The topological polar surface area (TPSA) is 67.8 Å². The van der Waals surface area contributed by atoms with Gasteiger partial charge in [0, 0.05) is 12.2 Å². The Bertz CT molecular complexity index is 671. The van der Waals surface area contributed by atoms with Gasteiger partial charge >= 0.3 is 0 Å². The number of benzene rings is 1. The van der Waals surface area contributed by atoms with E-state index in [9.17, 15) is 0 Å². The molecule has 0 unspecified atom stereocenters. The molecule has 134 valence electrons. The van der Waals surface area contributed by atoms with E-state index in [-0.39, 0.29) is 0 Å². The third-order valence-electron chi connectivity index (χ3n) is 3.41. The lowest BCUT2D eigenvalue weighted by atomic mass is 10.3. The predicted octanol–water partition coefficient (Wildman–Crippen LogP) is 2.53. The second-order valence-corrected chi connectivity index (χ2v) is 5.42. The molecule has 0 bridgehead atoms. The minimum atomic E-state index is 0.538. The summed E-state index contributed by atoms with van der Waals surface area (Å²) in [6.07, 6.45) is 0. The Labute approximate surface area is 149 Å². The molecule has 1 heterocycles. The second-order valence-electron chi connectivity index (χ2n) is 5.42. The molecule has 0 aliphatic rings. The highest BCUT2D eigenvalue weighted by molar-refractivity contribution is 5.79. The minimum absolute atomic E-state index is 0.538. The Hall–Kier alpha value is -2.76. The highest BCUT2D eigenvalue weighted by Crippen LogP contribution is 2.16. The van der Waals surface area contributed by atoms with Gasteiger partial charge in [0.1, 0.15) is 18.1 Å². The first-order chi connectivity index (χ1) is 12.2. The lowest BCUT2D eigenvalue weighted by Crippen LogP contribution is -2.39. The van der Waals surface area contributed by atoms with Crippen molar-refractivity contribution in [3.63, 3.8) is 0 Å². The number of ether oxygens (including phenoxy) is 2. The number of nitrogens with zero attached hydrogens (tertiary/aromatic N) is 2. The molecule has 1 aromatic carbocycles. The van der Waals surface area contributed by atoms with Gasteiger partial charge in [-0.05, 0) is 50.2 Å². The van der Waals surface area contributed by atoms with Gasteiger partial charge in [-0.25, -0.2) is 4.99 Å². The van der Waals surface area contributed by atoms with Crippen LogP contribution in [0.3, 0.4) is 0 Å². The maximum absolute atomic E-state index is 5.70. The Morgan fingerprint density at radius 1 is 1.08 bits per heavy atom. The molecule has 0 saturated carbocycles. The summed E-state index contributed by atoms with van der Waals surface area (Å²) in [5.74, 6) is 2.38. The average molecular weight is 342 g/mol. The van der Waals surface area contributed by atoms with Crippen LogP contribution in [0.2, 0.25) is 0 Å². The van der Waals surface area contributed by atoms with Crippen LogP contribution in [0.4, 0.5) is 0 Å². The fourth-order valence-electron chi connectivity index (χ4n) is 2.20. The Morgan fingerprint density at radius 2 is 1.84 bits per heavy atom. The summed E-state index contributed by atoms with van der Waals surface area (Å²) in [4.78, 5) is 9.01. The maximum Gasteiger partial charge on any atom is 0.191 e. The van der Waals surface area contributed by atoms with Gasteiger partial charge in [0.2, 0.25) is 0 Å². The zero-order chi connectivity index (χ0) is 17.9. The van der Waals surface area contributed by atoms with E-state index in [2.05, 4.69) is 20.6 Å². The van der Waals surface area contributed by atoms with Crippen molar-refractivity contribution in [1.82, 2.24) is 15.6 Å². The summed E-state index contributed by atoms with van der Waals surface area (Å²) in [7, 11) is 1.65. The van der Waals surface area contributed by atoms with Crippen LogP contribution in [-0.2, 0) is 6.54 Å². The number of aryl methyl sites for hydroxylation is 1. The summed E-state index contributed by atoms with van der Waals surface area (Å²) >= 11 is 0. The molecule has 25 heavy (non-hydrogen) atoms. The fraction of sp³-hybridized carbons (Fsp3) is 0.368. The molecular weight excluding hydrogens is 316 g/mol. The molecule has 0 aliphatic carbocycles. The predicted molar refractivity (Wildman–Crippen MR) is 100 cm³/mol. The third-order valence-corrected chi connectivity index (χ3v) is 3.41. The number of methoxy groups -OCH3 is 1. The van der Waals surface area contributed by atoms with Crippen LogP contribution < -0.4 is 20.1 Å². The Kier molecular flexibility index (Phi) is 7.56. The molecule has 0 spiro atoms. The first-order valence-corrected chi connectivity index (χ1v) is 8.43. The molecular formula is C19H26N4O2. The first-order valence-electron chi connectivity index (χ1n) is 8.43. The first kappa shape index (κ1) is 18.6. The van der Waals surface area contributed by atoms with Crippen molar-refractivity contribution in [3.05, 3.63) is 53.9 Å². The smallest absolute Gasteiger partial charge is 0.191 e. The van der Waals surface area contributed by atoms with Crippen molar-refractivity contribution >= 4 is 5.96 Å². The largest absolute Gasteiger partial charge is 0.497 e. The van der Waals surface area contributed by atoms with Crippen LogP contribution in [0.15, 0.2) is 47.5 Å². The number of hydrogen-bond donors (Lipinski definition) is 2. The lowest BCUT2D eigenvalue weighted by molar-refractivity contribution is 0.321. The molecule has 0 saturated heterocycles. The number of rotatable bonds is 8. The lowest BCUT2D eigenvalue weighted by Gasteiger charge is -2.12. The molecule has 0 amide bonds. The molecule has 6 nitrogen and oxygen atoms in total. The molecule has 0 radical (unpaired) electrons. The molecule has 0 fully saturated rings. The summed E-state index contributed by atoms with van der Waals surface area (Å²) in [5.41, 5.74) is 1.95. The van der Waals surface area contributed by atoms with Crippen LogP contribution in [0.25, 0.3) is 0 Å². The SMILES string of the molecule is CCNC(=NCc1cccc(C)n1)NCCOc1ccc(OC)cc1. The van der Waals surface area contributed by atoms with Crippen molar-refractivity contribution < 1.29 is 9.47 Å². The Morgan fingerprint density at radius 3 is 2.52 bits per heavy atom. The number of guanidine groups is 1. The summed E-state index contributed by atoms with van der Waals surface area (Å²) in [6, 6.07) is 13.5. The van der Waals surface area contributed by atoms with Crippen molar-refractivity contribution in [2.75, 3.05) is 26.8 Å². The van der Waals surface area contributed by atoms with E-state index in [1.807, 2.05) is 56.3 Å². The van der Waals surface area contributed by atoms with Gasteiger partial charge in [-0.1, -0.05) is 6.07 Å². The van der Waals surface area contributed by atoms with E-state index >= 15 is 0 Å². The monoisotopic (exact) mass is 342 g/mol. The van der Waals surface area contributed by atoms with Gasteiger partial charge in [0.15, 0.2) is 5.96 Å². The Balaban J connectivity index is 1.79. The third kappa shape index (κ3) is 6.71. The van der Waals surface area contributed by atoms with E-state index in [1.165, 1.54) is 0 Å². The van der Waals surface area contributed by atoms with Crippen molar-refractivity contribution in [1.29, 1.82) is 0 Å². The second kappa shape index (κ2) is 10.2. The standard InChI is InChI=1S/C19H26N4O2/c1-4-20-19(22-14-16-7-5-6-15(2)23-16)21-12-13-25-18-10-8-17(24-3)9-11-18/h5-11H,4,12-14H2,1-3H3,(H2,20,21,22). The number of pyridine rings is 1. The van der Waals surface area contributed by atoms with Crippen molar-refractivity contribution in [3.8, 4) is 11.5 Å². The van der Waals surface area contributed by atoms with Gasteiger partial charge in [0.05, 0.1) is 25.9 Å². The molecule has 1 aromatic heterocycles. The molecule has 2 rings (SSSR count). The van der Waals surface area contributed by atoms with Gasteiger partial charge in [-0.15, -0.1) is 0 Å². The minimum Gasteiger partial charge on any atom is -0.497 e. The summed E-state index contributed by atoms with van der Waals surface area (Å²) < 4.78 is 10.8. The van der Waals surface area contributed by atoms with Crippen LogP contribution in [0.1, 0.15) is 18.3 Å². The molecule has 6 heteroatoms. The zero-order valence-corrected chi connectivity index (χ0v) is 15.1. The molecule has 2 N–H and O–H groups in total. The summed E-state index contributed by atoms with van der Waals surface area (Å²) in [5, 5.41) is 6.48. The van der Waals surface area contributed by atoms with Crippen molar-refractivity contribution in [2.24, 2.45) is 4.99 Å². The molecule has 0 aliphatic heterocycles. The van der Waals surface area contributed by atoms with Crippen LogP contribution in [0.5, 0.6) is 11.5 Å². The molecule has 0 atom stereocenters. The molecule has 2 aromatic rings. The highest BCUT2D eigenvalue weighted by atomic mass is 16.5. The van der Waals surface area contributed by atoms with E-state index in [4.69, 9.17) is 9.47 Å². The zero-order valence-electron chi connectivity index (χ0n) is 15.1. The van der Waals surface area contributed by atoms with Gasteiger partial charge in [0.25, 0.3) is 0 Å². The number of hydrogen-bond acceptors (Lipinski definition) is 4. The quantitative estimate of drug-likeness (QED) is 0.438. The van der Waals surface area contributed by atoms with Gasteiger partial charge in [-0.2, -0.15) is 0 Å². The number of nitrogens with one attached hydrogen (secondary N) is 2. The van der Waals surface area contributed by atoms with Gasteiger partial charge in [-0.3, -0.25) is 4.98 Å². The maximum atomic E-state index is 5.70. The van der Waals surface area contributed by atoms with Crippen molar-refractivity contribution in [2.45, 2.75) is 20.4 Å². The van der Waals surface area contributed by atoms with E-state index in [1.54, 1.807) is 7.11 Å². The van der Waals surface area contributed by atoms with Crippen LogP contribution >= 0.6 is 0 Å².